The molecule has 5 heteroatoms. The van der Waals surface area contributed by atoms with Crippen molar-refractivity contribution in [2.24, 2.45) is 0 Å². The van der Waals surface area contributed by atoms with Gasteiger partial charge in [0.15, 0.2) is 0 Å². The lowest BCUT2D eigenvalue weighted by Crippen LogP contribution is -2.11. The molecular weight excluding hydrogens is 310 g/mol. The number of fused-ring (bicyclic) bond motifs is 1. The third kappa shape index (κ3) is 3.55. The fourth-order valence-electron chi connectivity index (χ4n) is 2.44. The summed E-state index contributed by atoms with van der Waals surface area (Å²) in [7, 11) is 0. The first-order valence-corrected chi connectivity index (χ1v) is 7.89. The Kier molecular flexibility index (Phi) is 4.65. The van der Waals surface area contributed by atoms with Gasteiger partial charge in [0.1, 0.15) is 5.75 Å². The molecule has 2 aromatic carbocycles. The lowest BCUT2D eigenvalue weighted by molar-refractivity contribution is 0.465. The Labute approximate surface area is 140 Å². The highest BCUT2D eigenvalue weighted by atomic mass is 35.5. The predicted molar refractivity (Wildman–Crippen MR) is 95.5 cm³/mol. The van der Waals surface area contributed by atoms with E-state index in [2.05, 4.69) is 15.6 Å². The number of nitrogens with zero attached hydrogens (tertiary/aromatic N) is 1. The summed E-state index contributed by atoms with van der Waals surface area (Å²) in [5.74, 6) is 0.275. The van der Waals surface area contributed by atoms with Crippen molar-refractivity contribution in [3.05, 3.63) is 59.2 Å². The van der Waals surface area contributed by atoms with Gasteiger partial charge >= 0.3 is 0 Å². The first-order valence-electron chi connectivity index (χ1n) is 7.51. The van der Waals surface area contributed by atoms with E-state index in [1.54, 1.807) is 12.3 Å². The average molecular weight is 328 g/mol. The van der Waals surface area contributed by atoms with Crippen LogP contribution in [-0.2, 0) is 6.54 Å². The smallest absolute Gasteiger partial charge is 0.122 e. The van der Waals surface area contributed by atoms with Gasteiger partial charge < -0.3 is 15.7 Å². The van der Waals surface area contributed by atoms with Crippen LogP contribution in [0.1, 0.15) is 12.5 Å². The molecule has 0 aliphatic rings. The Morgan fingerprint density at radius 3 is 2.78 bits per heavy atom. The molecule has 4 nitrogen and oxygen atoms in total. The van der Waals surface area contributed by atoms with Gasteiger partial charge in [-0.05, 0) is 36.9 Å². The van der Waals surface area contributed by atoms with Crippen LogP contribution in [0.25, 0.3) is 10.9 Å². The lowest BCUT2D eigenvalue weighted by atomic mass is 10.1. The van der Waals surface area contributed by atoms with E-state index in [4.69, 9.17) is 11.6 Å². The molecule has 3 aromatic rings. The van der Waals surface area contributed by atoms with Gasteiger partial charge in [0.05, 0.1) is 5.52 Å². The Bertz CT molecular complexity index is 836. The molecule has 0 radical (unpaired) electrons. The van der Waals surface area contributed by atoms with E-state index in [-0.39, 0.29) is 5.75 Å². The maximum Gasteiger partial charge on any atom is 0.122 e. The zero-order valence-electron chi connectivity index (χ0n) is 12.8. The minimum atomic E-state index is 0.275. The SMILES string of the molecule is CCNCc1ccc(Nc2ccnc3cc(Cl)ccc23)cc1O. The number of halogens is 1. The summed E-state index contributed by atoms with van der Waals surface area (Å²) in [5.41, 5.74) is 3.45. The van der Waals surface area contributed by atoms with Gasteiger partial charge in [-0.3, -0.25) is 4.98 Å². The van der Waals surface area contributed by atoms with Gasteiger partial charge in [0.2, 0.25) is 0 Å². The van der Waals surface area contributed by atoms with Crippen LogP contribution >= 0.6 is 11.6 Å². The molecule has 0 saturated heterocycles. The standard InChI is InChI=1S/C18H18ClN3O/c1-2-20-11-12-3-5-14(10-18(12)23)22-16-7-8-21-17-9-13(19)4-6-15(16)17/h3-10,20,23H,2,11H2,1H3,(H,21,22). The normalized spacial score (nSPS) is 10.9. The second kappa shape index (κ2) is 6.86. The predicted octanol–water partition coefficient (Wildman–Crippen LogP) is 4.45. The van der Waals surface area contributed by atoms with E-state index in [9.17, 15) is 5.11 Å². The quantitative estimate of drug-likeness (QED) is 0.648. The molecule has 118 valence electrons. The molecule has 0 spiro atoms. The van der Waals surface area contributed by atoms with Crippen LogP contribution in [0.5, 0.6) is 5.75 Å². The number of nitrogens with one attached hydrogen (secondary N) is 2. The number of hydrogen-bond acceptors (Lipinski definition) is 4. The van der Waals surface area contributed by atoms with Gasteiger partial charge in [0, 0.05) is 46.2 Å². The molecule has 1 aromatic heterocycles. The average Bonchev–Trinajstić information content (AvgIpc) is 2.54. The summed E-state index contributed by atoms with van der Waals surface area (Å²) in [5, 5.41) is 18.3. The Morgan fingerprint density at radius 2 is 2.00 bits per heavy atom. The third-order valence-electron chi connectivity index (χ3n) is 3.63. The van der Waals surface area contributed by atoms with Crippen molar-refractivity contribution in [3.63, 3.8) is 0 Å². The van der Waals surface area contributed by atoms with Gasteiger partial charge in [0.25, 0.3) is 0 Å². The number of phenols is 1. The van der Waals surface area contributed by atoms with Gasteiger partial charge in [-0.2, -0.15) is 0 Å². The summed E-state index contributed by atoms with van der Waals surface area (Å²) in [6.07, 6.45) is 1.74. The van der Waals surface area contributed by atoms with Crippen molar-refractivity contribution in [2.45, 2.75) is 13.5 Å². The maximum atomic E-state index is 10.1. The topological polar surface area (TPSA) is 57.2 Å². The van der Waals surface area contributed by atoms with Crippen LogP contribution in [0.2, 0.25) is 5.02 Å². The molecule has 3 N–H and O–H groups in total. The number of hydrogen-bond donors (Lipinski definition) is 3. The molecule has 1 heterocycles. The van der Waals surface area contributed by atoms with Crippen molar-refractivity contribution in [1.29, 1.82) is 0 Å². The van der Waals surface area contributed by atoms with Gasteiger partial charge in [-0.15, -0.1) is 0 Å². The Hall–Kier alpha value is -2.30. The number of aromatic nitrogens is 1. The molecule has 0 amide bonds. The van der Waals surface area contributed by atoms with Crippen LogP contribution in [0.15, 0.2) is 48.7 Å². The zero-order chi connectivity index (χ0) is 16.2. The zero-order valence-corrected chi connectivity index (χ0v) is 13.6. The molecule has 0 aliphatic heterocycles. The van der Waals surface area contributed by atoms with Crippen LogP contribution in [0.3, 0.4) is 0 Å². The van der Waals surface area contributed by atoms with E-state index in [1.165, 1.54) is 0 Å². The highest BCUT2D eigenvalue weighted by molar-refractivity contribution is 6.31. The van der Waals surface area contributed by atoms with E-state index in [0.29, 0.717) is 11.6 Å². The molecule has 0 saturated carbocycles. The first-order chi connectivity index (χ1) is 11.2. The maximum absolute atomic E-state index is 10.1. The van der Waals surface area contributed by atoms with Crippen molar-refractivity contribution in [2.75, 3.05) is 11.9 Å². The number of phenolic OH excluding ortho intramolecular Hbond substituents is 1. The van der Waals surface area contributed by atoms with E-state index in [0.717, 1.165) is 34.4 Å². The number of rotatable bonds is 5. The first kappa shape index (κ1) is 15.6. The summed E-state index contributed by atoms with van der Waals surface area (Å²) >= 11 is 6.01. The van der Waals surface area contributed by atoms with E-state index < -0.39 is 0 Å². The molecule has 0 atom stereocenters. The third-order valence-corrected chi connectivity index (χ3v) is 3.87. The van der Waals surface area contributed by atoms with Crippen LogP contribution in [-0.4, -0.2) is 16.6 Å². The highest BCUT2D eigenvalue weighted by Crippen LogP contribution is 2.29. The van der Waals surface area contributed by atoms with Crippen molar-refractivity contribution < 1.29 is 5.11 Å². The lowest BCUT2D eigenvalue weighted by Gasteiger charge is -2.12. The van der Waals surface area contributed by atoms with Gasteiger partial charge in [-0.1, -0.05) is 24.6 Å². The van der Waals surface area contributed by atoms with Crippen LogP contribution in [0.4, 0.5) is 11.4 Å². The number of anilines is 2. The molecule has 0 fully saturated rings. The minimum absolute atomic E-state index is 0.275. The van der Waals surface area contributed by atoms with Crippen LogP contribution in [0, 0.1) is 0 Å². The fraction of sp³-hybridized carbons (Fsp3) is 0.167. The largest absolute Gasteiger partial charge is 0.508 e. The minimum Gasteiger partial charge on any atom is -0.508 e. The second-order valence-electron chi connectivity index (χ2n) is 5.27. The number of aromatic hydroxyl groups is 1. The van der Waals surface area contributed by atoms with E-state index in [1.807, 2.05) is 43.3 Å². The molecule has 0 aliphatic carbocycles. The molecule has 0 unspecified atom stereocenters. The van der Waals surface area contributed by atoms with Crippen molar-refractivity contribution in [3.8, 4) is 5.75 Å². The number of benzene rings is 2. The summed E-state index contributed by atoms with van der Waals surface area (Å²) in [4.78, 5) is 4.33. The summed E-state index contributed by atoms with van der Waals surface area (Å²) < 4.78 is 0. The summed E-state index contributed by atoms with van der Waals surface area (Å²) in [6.45, 7) is 3.55. The van der Waals surface area contributed by atoms with Crippen molar-refractivity contribution in [1.82, 2.24) is 10.3 Å². The molecular formula is C18H18ClN3O. The molecule has 0 bridgehead atoms. The molecule has 3 rings (SSSR count). The van der Waals surface area contributed by atoms with Gasteiger partial charge in [-0.25, -0.2) is 0 Å². The highest BCUT2D eigenvalue weighted by Gasteiger charge is 2.06. The fourth-order valence-corrected chi connectivity index (χ4v) is 2.60. The molecule has 23 heavy (non-hydrogen) atoms. The van der Waals surface area contributed by atoms with Crippen LogP contribution < -0.4 is 10.6 Å². The Morgan fingerprint density at radius 1 is 1.13 bits per heavy atom. The summed E-state index contributed by atoms with van der Waals surface area (Å²) in [6, 6.07) is 13.1. The second-order valence-corrected chi connectivity index (χ2v) is 5.71. The number of pyridine rings is 1. The Balaban J connectivity index is 1.89. The monoisotopic (exact) mass is 327 g/mol. The van der Waals surface area contributed by atoms with Crippen molar-refractivity contribution >= 4 is 33.9 Å². The van der Waals surface area contributed by atoms with E-state index >= 15 is 0 Å².